The van der Waals surface area contributed by atoms with Crippen molar-refractivity contribution >= 4 is 94.5 Å². The Morgan fingerprint density at radius 3 is 1.45 bits per heavy atom. The first-order valence-corrected chi connectivity index (χ1v) is 32.4. The van der Waals surface area contributed by atoms with Gasteiger partial charge in [-0.05, 0) is 131 Å². The molecule has 97 heavy (non-hydrogen) atoms. The molecule has 1 saturated carbocycles. The standard InChI is InChI=1S/C78H65N13O6/c1-7-84(8-2)73(92)67-65-58-24-13-16-27-61(58)86(71(65)77(96)90(80-67)54-37-31-48(4)32-38-54)45-50-19-18-22-56(43-50)85(42-41-79)74(93)68-66-59-25-14-17-28-62(59)87(72(66)78(97)91(81-68)55-39-33-49(5)34-40-55)46-51-44-63(51)88(52-20-10-9-11-21-52)75(94)69-64-57-23-12-15-26-60(57)83(6)70(64)76(95)89(82-69)53-35-29-47(3)30-36-53/h9-40,43,51,63H,7-8,42,44-46H2,1-6H3. The number of nitrogens with zero attached hydrogens (tertiary/aromatic N) is 13. The quantitative estimate of drug-likeness (QED) is 0.0837. The number of rotatable bonds is 16. The van der Waals surface area contributed by atoms with Crippen LogP contribution in [-0.2, 0) is 20.1 Å². The molecule has 6 aromatic heterocycles. The van der Waals surface area contributed by atoms with Crippen LogP contribution in [0.4, 0.5) is 11.4 Å². The van der Waals surface area contributed by atoms with Crippen LogP contribution < -0.4 is 26.5 Å². The van der Waals surface area contributed by atoms with Crippen LogP contribution in [0.15, 0.2) is 215 Å². The van der Waals surface area contributed by atoms with Crippen LogP contribution in [0.3, 0.4) is 0 Å². The highest BCUT2D eigenvalue weighted by atomic mass is 16.2. The Bertz CT molecular complexity index is 5790. The van der Waals surface area contributed by atoms with E-state index in [1.165, 1.54) is 18.9 Å². The Balaban J connectivity index is 0.848. The highest BCUT2D eigenvalue weighted by molar-refractivity contribution is 6.22. The highest BCUT2D eigenvalue weighted by Crippen LogP contribution is 2.44. The summed E-state index contributed by atoms with van der Waals surface area (Å²) in [4.78, 5) is 97.0. The molecule has 1 aliphatic rings. The molecule has 19 heteroatoms. The van der Waals surface area contributed by atoms with Crippen molar-refractivity contribution in [3.8, 4) is 23.1 Å². The van der Waals surface area contributed by atoms with Crippen LogP contribution in [0, 0.1) is 38.0 Å². The molecule has 14 aromatic rings. The summed E-state index contributed by atoms with van der Waals surface area (Å²) in [6, 6.07) is 63.2. The Labute approximate surface area is 555 Å². The van der Waals surface area contributed by atoms with E-state index in [1.807, 2.05) is 213 Å². The van der Waals surface area contributed by atoms with Gasteiger partial charge in [-0.25, -0.2) is 0 Å². The molecule has 0 saturated heterocycles. The summed E-state index contributed by atoms with van der Waals surface area (Å²) < 4.78 is 9.51. The monoisotopic (exact) mass is 1280 g/mol. The number of anilines is 2. The lowest BCUT2D eigenvalue weighted by Gasteiger charge is -2.24. The van der Waals surface area contributed by atoms with Crippen molar-refractivity contribution in [1.29, 1.82) is 5.26 Å². The van der Waals surface area contributed by atoms with Crippen LogP contribution in [-0.4, -0.2) is 91.3 Å². The maximum atomic E-state index is 16.1. The minimum Gasteiger partial charge on any atom is -0.339 e. The summed E-state index contributed by atoms with van der Waals surface area (Å²) in [5.41, 5.74) is 7.74. The van der Waals surface area contributed by atoms with E-state index in [1.54, 1.807) is 52.3 Å². The Morgan fingerprint density at radius 2 is 0.928 bits per heavy atom. The molecule has 8 aromatic carbocycles. The number of amides is 3. The minimum absolute atomic E-state index is 0.0787. The van der Waals surface area contributed by atoms with Crippen molar-refractivity contribution in [1.82, 2.24) is 47.9 Å². The van der Waals surface area contributed by atoms with Gasteiger partial charge in [0.1, 0.15) is 23.1 Å². The van der Waals surface area contributed by atoms with Gasteiger partial charge in [-0.3, -0.25) is 33.7 Å². The predicted octanol–water partition coefficient (Wildman–Crippen LogP) is 12.5. The van der Waals surface area contributed by atoms with Crippen LogP contribution in [0.25, 0.3) is 82.5 Å². The molecular weight excluding hydrogens is 1210 g/mol. The van der Waals surface area contributed by atoms with Gasteiger partial charge in [0, 0.05) is 99.5 Å². The maximum Gasteiger partial charge on any atom is 0.296 e. The number of para-hydroxylation sites is 4. The molecule has 1 fully saturated rings. The highest BCUT2D eigenvalue weighted by Gasteiger charge is 2.47. The lowest BCUT2D eigenvalue weighted by atomic mass is 10.1. The fraction of sp³-hybridized carbons (Fsp3) is 0.179. The number of nitriles is 1. The second-order valence-electron chi connectivity index (χ2n) is 25.0. The summed E-state index contributed by atoms with van der Waals surface area (Å²) in [5.74, 6) is -1.63. The van der Waals surface area contributed by atoms with E-state index >= 15 is 19.2 Å². The molecule has 478 valence electrons. The summed E-state index contributed by atoms with van der Waals surface area (Å²) in [5, 5.41) is 28.6. The van der Waals surface area contributed by atoms with E-state index in [0.29, 0.717) is 102 Å². The molecule has 3 amide bonds. The van der Waals surface area contributed by atoms with Gasteiger partial charge in [0.2, 0.25) is 0 Å². The van der Waals surface area contributed by atoms with E-state index in [2.05, 4.69) is 6.07 Å². The number of aryl methyl sites for hydroxylation is 4. The molecule has 0 bridgehead atoms. The number of aromatic nitrogens is 9. The van der Waals surface area contributed by atoms with Gasteiger partial charge in [-0.2, -0.15) is 34.6 Å². The van der Waals surface area contributed by atoms with Gasteiger partial charge < -0.3 is 23.5 Å². The molecular formula is C78H65N13O6. The lowest BCUT2D eigenvalue weighted by Crippen LogP contribution is -2.37. The predicted molar refractivity (Wildman–Crippen MR) is 379 cm³/mol. The number of carbonyl (C=O) groups is 3. The van der Waals surface area contributed by atoms with E-state index < -0.39 is 35.5 Å². The zero-order chi connectivity index (χ0) is 67.1. The van der Waals surface area contributed by atoms with Crippen molar-refractivity contribution in [2.75, 3.05) is 29.4 Å². The largest absolute Gasteiger partial charge is 0.339 e. The first-order valence-electron chi connectivity index (χ1n) is 32.4. The molecule has 1 aliphatic carbocycles. The third kappa shape index (κ3) is 10.2. The smallest absolute Gasteiger partial charge is 0.296 e. The Morgan fingerprint density at radius 1 is 0.495 bits per heavy atom. The van der Waals surface area contributed by atoms with Crippen LogP contribution in [0.2, 0.25) is 0 Å². The molecule has 6 heterocycles. The first kappa shape index (κ1) is 60.9. The average molecular weight is 1280 g/mol. The Hall–Kier alpha value is -12.3. The second-order valence-corrected chi connectivity index (χ2v) is 25.0. The molecule has 0 spiro atoms. The van der Waals surface area contributed by atoms with E-state index in [4.69, 9.17) is 15.3 Å². The zero-order valence-electron chi connectivity index (χ0n) is 54.2. The number of hydrogen-bond donors (Lipinski definition) is 0. The zero-order valence-corrected chi connectivity index (χ0v) is 54.2. The molecule has 2 unspecified atom stereocenters. The van der Waals surface area contributed by atoms with Gasteiger partial charge >= 0.3 is 0 Å². The number of carbonyl (C=O) groups excluding carboxylic acids is 3. The van der Waals surface area contributed by atoms with Gasteiger partial charge in [0.15, 0.2) is 17.1 Å². The number of fused-ring (bicyclic) bond motifs is 9. The van der Waals surface area contributed by atoms with E-state index in [-0.39, 0.29) is 58.6 Å². The third-order valence-corrected chi connectivity index (χ3v) is 19.0. The molecule has 0 radical (unpaired) electrons. The summed E-state index contributed by atoms with van der Waals surface area (Å²) in [6.07, 6.45) is 0.518. The van der Waals surface area contributed by atoms with Crippen molar-refractivity contribution in [2.45, 2.75) is 60.2 Å². The lowest BCUT2D eigenvalue weighted by molar-refractivity contribution is 0.0767. The summed E-state index contributed by atoms with van der Waals surface area (Å²) in [7, 11) is 1.83. The summed E-state index contributed by atoms with van der Waals surface area (Å²) in [6.45, 7) is 10.4. The van der Waals surface area contributed by atoms with Gasteiger partial charge in [0.25, 0.3) is 34.4 Å². The van der Waals surface area contributed by atoms with Crippen molar-refractivity contribution in [3.63, 3.8) is 0 Å². The van der Waals surface area contributed by atoms with Crippen molar-refractivity contribution in [3.05, 3.63) is 271 Å². The third-order valence-electron chi connectivity index (χ3n) is 19.0. The minimum atomic E-state index is -0.652. The maximum absolute atomic E-state index is 16.1. The normalized spacial score (nSPS) is 13.7. The number of hydrogen-bond acceptors (Lipinski definition) is 10. The molecule has 0 N–H and O–H groups in total. The average Bonchev–Trinajstić information content (AvgIpc) is 1.59. The molecule has 15 rings (SSSR count). The second kappa shape index (κ2) is 24.2. The molecule has 2 atom stereocenters. The van der Waals surface area contributed by atoms with Crippen molar-refractivity contribution < 1.29 is 14.4 Å². The van der Waals surface area contributed by atoms with Crippen LogP contribution in [0.1, 0.15) is 74.0 Å². The van der Waals surface area contributed by atoms with E-state index in [0.717, 1.165) is 22.2 Å². The van der Waals surface area contributed by atoms with Crippen molar-refractivity contribution in [2.24, 2.45) is 13.0 Å². The van der Waals surface area contributed by atoms with Gasteiger partial charge in [-0.15, -0.1) is 0 Å². The fourth-order valence-electron chi connectivity index (χ4n) is 14.0. The fourth-order valence-corrected chi connectivity index (χ4v) is 14.0. The SMILES string of the molecule is CCN(CC)C(=O)c1nn(-c2ccc(C)cc2)c(=O)c2c1c1ccccc1n2Cc1cccc(N(CC#N)C(=O)c2nn(-c3ccc(C)cc3)c(=O)c3c2c2ccccc2n3CC2CC2N(C(=O)c2nn(-c3ccc(C)cc3)c(=O)c3c2c2ccccc2n3C)c2ccccc2)c1. The van der Waals surface area contributed by atoms with Gasteiger partial charge in [0.05, 0.1) is 23.1 Å². The summed E-state index contributed by atoms with van der Waals surface area (Å²) >= 11 is 0. The topological polar surface area (TPSA) is 204 Å². The first-order chi connectivity index (χ1) is 47.1. The molecule has 19 nitrogen and oxygen atoms in total. The van der Waals surface area contributed by atoms with E-state index in [9.17, 15) is 14.9 Å². The Kier molecular flexibility index (Phi) is 15.2. The van der Waals surface area contributed by atoms with Gasteiger partial charge in [-0.1, -0.05) is 138 Å². The van der Waals surface area contributed by atoms with Crippen LogP contribution >= 0.6 is 0 Å². The van der Waals surface area contributed by atoms with Crippen LogP contribution in [0.5, 0.6) is 0 Å². The molecule has 0 aliphatic heterocycles. The number of benzene rings is 8.